The van der Waals surface area contributed by atoms with Crippen LogP contribution < -0.4 is 5.32 Å². The zero-order valence-corrected chi connectivity index (χ0v) is 14.6. The molecule has 1 aromatic rings. The highest BCUT2D eigenvalue weighted by Crippen LogP contribution is 2.44. The molecule has 0 aromatic carbocycles. The average Bonchev–Trinajstić information content (AvgIpc) is 3.01. The minimum absolute atomic E-state index is 0.160. The van der Waals surface area contributed by atoms with Crippen molar-refractivity contribution in [2.75, 3.05) is 20.6 Å². The van der Waals surface area contributed by atoms with Crippen molar-refractivity contribution < 1.29 is 0 Å². The summed E-state index contributed by atoms with van der Waals surface area (Å²) in [6.45, 7) is 3.22. The smallest absolute Gasteiger partial charge is 0.153 e. The largest absolute Gasteiger partial charge is 0.307 e. The van der Waals surface area contributed by atoms with E-state index in [1.165, 1.54) is 25.7 Å². The van der Waals surface area contributed by atoms with Crippen LogP contribution in [-0.4, -0.2) is 46.1 Å². The van der Waals surface area contributed by atoms with Crippen LogP contribution in [0.3, 0.4) is 0 Å². The highest BCUT2D eigenvalue weighted by Gasteiger charge is 2.45. The van der Waals surface area contributed by atoms with Crippen LogP contribution in [0.15, 0.2) is 4.60 Å². The summed E-state index contributed by atoms with van der Waals surface area (Å²) in [6, 6.07) is 0.259. The first kappa shape index (κ1) is 15.9. The molecule has 6 heteroatoms. The van der Waals surface area contributed by atoms with Crippen molar-refractivity contribution in [3.63, 3.8) is 0 Å². The van der Waals surface area contributed by atoms with Gasteiger partial charge in [-0.2, -0.15) is 0 Å². The van der Waals surface area contributed by atoms with Gasteiger partial charge in [-0.15, -0.1) is 5.10 Å². The van der Waals surface area contributed by atoms with Crippen LogP contribution in [-0.2, 0) is 7.05 Å². The molecule has 1 aromatic heterocycles. The Morgan fingerprint density at radius 3 is 2.50 bits per heavy atom. The standard InChI is InChI=1S/C14H26BrN5/c1-5-10-16-12(11-13(15)17-18-20(11)4)14(19(2)3)8-6-7-9-14/h12,16H,5-10H2,1-4H3. The summed E-state index contributed by atoms with van der Waals surface area (Å²) < 4.78 is 2.77. The number of aromatic nitrogens is 3. The summed E-state index contributed by atoms with van der Waals surface area (Å²) in [5.74, 6) is 0. The molecule has 114 valence electrons. The fourth-order valence-electron chi connectivity index (χ4n) is 3.46. The summed E-state index contributed by atoms with van der Waals surface area (Å²) in [5, 5.41) is 12.1. The summed E-state index contributed by atoms with van der Waals surface area (Å²) in [6.07, 6.45) is 6.16. The molecular weight excluding hydrogens is 318 g/mol. The molecule has 1 aliphatic rings. The van der Waals surface area contributed by atoms with E-state index in [-0.39, 0.29) is 11.6 Å². The van der Waals surface area contributed by atoms with Crippen LogP contribution in [0.5, 0.6) is 0 Å². The Morgan fingerprint density at radius 2 is 2.05 bits per heavy atom. The molecule has 1 saturated carbocycles. The number of halogens is 1. The topological polar surface area (TPSA) is 46.0 Å². The van der Waals surface area contributed by atoms with Crippen LogP contribution in [0.25, 0.3) is 0 Å². The predicted octanol–water partition coefficient (Wildman–Crippen LogP) is 2.49. The number of likely N-dealkylation sites (N-methyl/N-ethyl adjacent to an activating group) is 1. The number of hydrogen-bond acceptors (Lipinski definition) is 4. The minimum atomic E-state index is 0.160. The van der Waals surface area contributed by atoms with Crippen LogP contribution in [0, 0.1) is 0 Å². The van der Waals surface area contributed by atoms with Crippen molar-refractivity contribution in [1.29, 1.82) is 0 Å². The van der Waals surface area contributed by atoms with E-state index in [2.05, 4.69) is 57.5 Å². The van der Waals surface area contributed by atoms with E-state index >= 15 is 0 Å². The maximum Gasteiger partial charge on any atom is 0.153 e. The van der Waals surface area contributed by atoms with Crippen molar-refractivity contribution >= 4 is 15.9 Å². The first-order valence-corrected chi connectivity index (χ1v) is 8.28. The van der Waals surface area contributed by atoms with Crippen molar-refractivity contribution in [3.8, 4) is 0 Å². The molecule has 1 N–H and O–H groups in total. The third kappa shape index (κ3) is 2.78. The lowest BCUT2D eigenvalue weighted by Gasteiger charge is -2.43. The molecule has 1 heterocycles. The molecule has 0 spiro atoms. The van der Waals surface area contributed by atoms with Gasteiger partial charge in [0.15, 0.2) is 4.60 Å². The molecule has 5 nitrogen and oxygen atoms in total. The van der Waals surface area contributed by atoms with Gasteiger partial charge in [-0.1, -0.05) is 25.0 Å². The van der Waals surface area contributed by atoms with E-state index < -0.39 is 0 Å². The number of aryl methyl sites for hydroxylation is 1. The Labute approximate surface area is 130 Å². The highest BCUT2D eigenvalue weighted by molar-refractivity contribution is 9.10. The molecule has 0 bridgehead atoms. The van der Waals surface area contributed by atoms with Gasteiger partial charge in [0.25, 0.3) is 0 Å². The van der Waals surface area contributed by atoms with E-state index in [4.69, 9.17) is 0 Å². The third-order valence-electron chi connectivity index (χ3n) is 4.60. The molecule has 0 saturated heterocycles. The van der Waals surface area contributed by atoms with Crippen LogP contribution in [0.1, 0.15) is 50.8 Å². The molecular formula is C14H26BrN5. The lowest BCUT2D eigenvalue weighted by Crippen LogP contribution is -2.52. The number of nitrogens with one attached hydrogen (secondary N) is 1. The second-order valence-electron chi connectivity index (χ2n) is 5.98. The number of hydrogen-bond donors (Lipinski definition) is 1. The maximum absolute atomic E-state index is 4.18. The molecule has 1 atom stereocenters. The van der Waals surface area contributed by atoms with Gasteiger partial charge in [-0.25, -0.2) is 4.68 Å². The number of rotatable bonds is 6. The molecule has 0 radical (unpaired) electrons. The fourth-order valence-corrected chi connectivity index (χ4v) is 4.01. The van der Waals surface area contributed by atoms with Gasteiger partial charge in [0.1, 0.15) is 0 Å². The van der Waals surface area contributed by atoms with E-state index in [0.29, 0.717) is 0 Å². The van der Waals surface area contributed by atoms with E-state index in [1.54, 1.807) is 0 Å². The van der Waals surface area contributed by atoms with Crippen LogP contribution in [0.4, 0.5) is 0 Å². The van der Waals surface area contributed by atoms with Crippen molar-refractivity contribution in [2.24, 2.45) is 7.05 Å². The normalized spacial score (nSPS) is 19.7. The van der Waals surface area contributed by atoms with Gasteiger partial charge in [-0.3, -0.25) is 0 Å². The number of nitrogens with zero attached hydrogens (tertiary/aromatic N) is 4. The lowest BCUT2D eigenvalue weighted by atomic mass is 9.84. The monoisotopic (exact) mass is 343 g/mol. The van der Waals surface area contributed by atoms with Gasteiger partial charge in [0.2, 0.25) is 0 Å². The van der Waals surface area contributed by atoms with Gasteiger partial charge in [-0.05, 0) is 55.8 Å². The predicted molar refractivity (Wildman–Crippen MR) is 84.6 cm³/mol. The fraction of sp³-hybridized carbons (Fsp3) is 0.857. The zero-order chi connectivity index (χ0) is 14.8. The molecule has 1 aliphatic carbocycles. The molecule has 1 fully saturated rings. The molecule has 0 aliphatic heterocycles. The Hall–Kier alpha value is -0.460. The Morgan fingerprint density at radius 1 is 1.40 bits per heavy atom. The molecule has 0 amide bonds. The van der Waals surface area contributed by atoms with E-state index in [0.717, 1.165) is 23.3 Å². The van der Waals surface area contributed by atoms with Crippen molar-refractivity contribution in [3.05, 3.63) is 10.3 Å². The van der Waals surface area contributed by atoms with E-state index in [9.17, 15) is 0 Å². The quantitative estimate of drug-likeness (QED) is 0.861. The highest BCUT2D eigenvalue weighted by atomic mass is 79.9. The van der Waals surface area contributed by atoms with Gasteiger partial charge in [0.05, 0.1) is 11.7 Å². The molecule has 20 heavy (non-hydrogen) atoms. The second kappa shape index (κ2) is 6.54. The van der Waals surface area contributed by atoms with Gasteiger partial charge < -0.3 is 10.2 Å². The molecule has 2 rings (SSSR count). The first-order chi connectivity index (χ1) is 9.53. The first-order valence-electron chi connectivity index (χ1n) is 7.49. The second-order valence-corrected chi connectivity index (χ2v) is 6.73. The van der Waals surface area contributed by atoms with Gasteiger partial charge >= 0.3 is 0 Å². The Balaban J connectivity index is 2.41. The zero-order valence-electron chi connectivity index (χ0n) is 13.0. The Kier molecular flexibility index (Phi) is 5.20. The van der Waals surface area contributed by atoms with Crippen molar-refractivity contribution in [1.82, 2.24) is 25.2 Å². The summed E-state index contributed by atoms with van der Waals surface area (Å²) in [4.78, 5) is 2.40. The van der Waals surface area contributed by atoms with Gasteiger partial charge in [0, 0.05) is 12.6 Å². The summed E-state index contributed by atoms with van der Waals surface area (Å²) in [7, 11) is 6.37. The summed E-state index contributed by atoms with van der Waals surface area (Å²) >= 11 is 3.58. The van der Waals surface area contributed by atoms with Crippen LogP contribution >= 0.6 is 15.9 Å². The Bertz CT molecular complexity index is 417. The lowest BCUT2D eigenvalue weighted by molar-refractivity contribution is 0.100. The van der Waals surface area contributed by atoms with E-state index in [1.807, 2.05) is 11.7 Å². The summed E-state index contributed by atoms with van der Waals surface area (Å²) in [5.41, 5.74) is 1.32. The minimum Gasteiger partial charge on any atom is -0.307 e. The maximum atomic E-state index is 4.18. The van der Waals surface area contributed by atoms with Crippen molar-refractivity contribution in [2.45, 2.75) is 50.6 Å². The SMILES string of the molecule is CCCNC(c1c(Br)nnn1C)C1(N(C)C)CCCC1. The molecule has 1 unspecified atom stereocenters. The van der Waals surface area contributed by atoms with Crippen LogP contribution in [0.2, 0.25) is 0 Å². The third-order valence-corrected chi connectivity index (χ3v) is 5.16. The average molecular weight is 344 g/mol.